The summed E-state index contributed by atoms with van der Waals surface area (Å²) in [6, 6.07) is 5.65. The highest BCUT2D eigenvalue weighted by molar-refractivity contribution is 6.31. The van der Waals surface area contributed by atoms with E-state index in [1.165, 1.54) is 0 Å². The summed E-state index contributed by atoms with van der Waals surface area (Å²) >= 11 is 5.74. The quantitative estimate of drug-likeness (QED) is 0.606. The Morgan fingerprint density at radius 3 is 3.30 bits per heavy atom. The summed E-state index contributed by atoms with van der Waals surface area (Å²) in [7, 11) is 0. The maximum atomic E-state index is 5.74. The Kier molecular flexibility index (Phi) is 1.21. The zero-order chi connectivity index (χ0) is 6.97. The predicted octanol–water partition coefficient (Wildman–Crippen LogP) is 1.96. The lowest BCUT2D eigenvalue weighted by molar-refractivity contribution is 0.983. The van der Waals surface area contributed by atoms with Crippen LogP contribution in [-0.2, 0) is 0 Å². The average Bonchev–Trinajstić information content (AvgIpc) is 2.33. The van der Waals surface area contributed by atoms with Gasteiger partial charge in [-0.2, -0.15) is 0 Å². The van der Waals surface area contributed by atoms with Crippen LogP contribution in [0.3, 0.4) is 0 Å². The second-order valence-electron chi connectivity index (χ2n) is 2.15. The Morgan fingerprint density at radius 2 is 2.40 bits per heavy atom. The molecule has 0 spiro atoms. The van der Waals surface area contributed by atoms with Crippen LogP contribution in [0.15, 0.2) is 18.2 Å². The summed E-state index contributed by atoms with van der Waals surface area (Å²) in [4.78, 5) is 0. The van der Waals surface area contributed by atoms with Crippen LogP contribution < -0.4 is 10.6 Å². The van der Waals surface area contributed by atoms with Crippen molar-refractivity contribution in [2.45, 2.75) is 0 Å². The van der Waals surface area contributed by atoms with Crippen molar-refractivity contribution in [3.05, 3.63) is 23.2 Å². The first-order valence-corrected chi connectivity index (χ1v) is 3.45. The molecule has 0 aliphatic carbocycles. The summed E-state index contributed by atoms with van der Waals surface area (Å²) in [5.41, 5.74) is 2.04. The minimum absolute atomic E-state index is 0.676. The molecule has 0 fully saturated rings. The van der Waals surface area contributed by atoms with Crippen molar-refractivity contribution in [2.24, 2.45) is 0 Å². The van der Waals surface area contributed by atoms with Crippen molar-refractivity contribution >= 4 is 23.0 Å². The summed E-state index contributed by atoms with van der Waals surface area (Å²) in [5, 5.41) is 8.01. The number of hydrogen-bond donors (Lipinski definition) is 1. The van der Waals surface area contributed by atoms with E-state index in [0.29, 0.717) is 6.67 Å². The van der Waals surface area contributed by atoms with Gasteiger partial charge in [-0.05, 0) is 18.2 Å². The van der Waals surface area contributed by atoms with Gasteiger partial charge in [0, 0.05) is 5.02 Å². The molecular formula is C7H6ClN2. The molecule has 1 aromatic rings. The van der Waals surface area contributed by atoms with Gasteiger partial charge in [0.2, 0.25) is 0 Å². The Balaban J connectivity index is 2.52. The van der Waals surface area contributed by atoms with Crippen LogP contribution >= 0.6 is 11.6 Å². The molecule has 1 aliphatic rings. The van der Waals surface area contributed by atoms with E-state index in [9.17, 15) is 0 Å². The standard InChI is InChI=1S/C7H6ClN2/c8-5-1-2-6-7(3-5)10-4-9-6/h1-3,9H,4H2. The SMILES string of the molecule is Clc1ccc2c(c1)[N]CN2. The van der Waals surface area contributed by atoms with E-state index in [0.717, 1.165) is 16.4 Å². The van der Waals surface area contributed by atoms with Crippen LogP contribution in [0.25, 0.3) is 0 Å². The molecule has 0 amide bonds. The van der Waals surface area contributed by atoms with Gasteiger partial charge in [-0.25, -0.2) is 0 Å². The third-order valence-electron chi connectivity index (χ3n) is 1.48. The Labute approximate surface area is 64.2 Å². The highest BCUT2D eigenvalue weighted by Gasteiger charge is 2.09. The summed E-state index contributed by atoms with van der Waals surface area (Å²) in [5.74, 6) is 0. The number of nitrogens with one attached hydrogen (secondary N) is 1. The summed E-state index contributed by atoms with van der Waals surface area (Å²) in [6.07, 6.45) is 0. The summed E-state index contributed by atoms with van der Waals surface area (Å²) in [6.45, 7) is 0.676. The van der Waals surface area contributed by atoms with Crippen LogP contribution in [0.2, 0.25) is 5.02 Å². The monoisotopic (exact) mass is 153 g/mol. The smallest absolute Gasteiger partial charge is 0.108 e. The van der Waals surface area contributed by atoms with Crippen LogP contribution in [0.4, 0.5) is 11.4 Å². The largest absolute Gasteiger partial charge is 0.365 e. The lowest BCUT2D eigenvalue weighted by Crippen LogP contribution is -1.97. The van der Waals surface area contributed by atoms with Crippen LogP contribution in [0.1, 0.15) is 0 Å². The number of hydrogen-bond acceptors (Lipinski definition) is 1. The fourth-order valence-electron chi connectivity index (χ4n) is 0.995. The Hall–Kier alpha value is -0.890. The fraction of sp³-hybridized carbons (Fsp3) is 0.143. The molecule has 1 heterocycles. The maximum absolute atomic E-state index is 5.74. The van der Waals surface area contributed by atoms with Gasteiger partial charge < -0.3 is 5.32 Å². The van der Waals surface area contributed by atoms with Gasteiger partial charge in [-0.1, -0.05) is 11.6 Å². The minimum Gasteiger partial charge on any atom is -0.365 e. The minimum atomic E-state index is 0.676. The van der Waals surface area contributed by atoms with Crippen molar-refractivity contribution in [1.29, 1.82) is 0 Å². The molecule has 1 aliphatic heterocycles. The second-order valence-corrected chi connectivity index (χ2v) is 2.59. The van der Waals surface area contributed by atoms with E-state index in [2.05, 4.69) is 10.6 Å². The summed E-state index contributed by atoms with van der Waals surface area (Å²) < 4.78 is 0. The van der Waals surface area contributed by atoms with E-state index in [1.807, 2.05) is 18.2 Å². The molecule has 0 bridgehead atoms. The lowest BCUT2D eigenvalue weighted by Gasteiger charge is -1.95. The van der Waals surface area contributed by atoms with E-state index in [4.69, 9.17) is 11.6 Å². The Bertz CT molecular complexity index is 260. The molecule has 3 heteroatoms. The molecule has 2 rings (SSSR count). The normalized spacial score (nSPS) is 13.7. The van der Waals surface area contributed by atoms with Crippen molar-refractivity contribution in [3.63, 3.8) is 0 Å². The van der Waals surface area contributed by atoms with Gasteiger partial charge in [0.25, 0.3) is 0 Å². The molecule has 2 nitrogen and oxygen atoms in total. The molecule has 0 saturated carbocycles. The highest BCUT2D eigenvalue weighted by atomic mass is 35.5. The lowest BCUT2D eigenvalue weighted by atomic mass is 10.3. The van der Waals surface area contributed by atoms with E-state index in [-0.39, 0.29) is 0 Å². The third kappa shape index (κ3) is 0.809. The Morgan fingerprint density at radius 1 is 1.50 bits per heavy atom. The molecule has 0 aromatic heterocycles. The van der Waals surface area contributed by atoms with Gasteiger partial charge in [-0.3, -0.25) is 5.32 Å². The number of fused-ring (bicyclic) bond motifs is 1. The molecule has 0 unspecified atom stereocenters. The first-order chi connectivity index (χ1) is 4.86. The first-order valence-electron chi connectivity index (χ1n) is 3.07. The molecule has 51 valence electrons. The topological polar surface area (TPSA) is 26.1 Å². The van der Waals surface area contributed by atoms with Gasteiger partial charge in [0.15, 0.2) is 0 Å². The van der Waals surface area contributed by atoms with Crippen LogP contribution in [0.5, 0.6) is 0 Å². The van der Waals surface area contributed by atoms with E-state index >= 15 is 0 Å². The number of anilines is 1. The van der Waals surface area contributed by atoms with Crippen LogP contribution in [0, 0.1) is 0 Å². The predicted molar refractivity (Wildman–Crippen MR) is 41.7 cm³/mol. The highest BCUT2D eigenvalue weighted by Crippen LogP contribution is 2.28. The number of benzene rings is 1. The second kappa shape index (κ2) is 2.06. The third-order valence-corrected chi connectivity index (χ3v) is 1.71. The van der Waals surface area contributed by atoms with Crippen molar-refractivity contribution < 1.29 is 0 Å². The van der Waals surface area contributed by atoms with Gasteiger partial charge in [-0.15, -0.1) is 0 Å². The van der Waals surface area contributed by atoms with Crippen molar-refractivity contribution in [3.8, 4) is 0 Å². The van der Waals surface area contributed by atoms with E-state index < -0.39 is 0 Å². The van der Waals surface area contributed by atoms with Gasteiger partial charge in [0.05, 0.1) is 11.4 Å². The molecule has 10 heavy (non-hydrogen) atoms. The van der Waals surface area contributed by atoms with Crippen molar-refractivity contribution in [1.82, 2.24) is 5.32 Å². The molecule has 1 N–H and O–H groups in total. The van der Waals surface area contributed by atoms with Gasteiger partial charge >= 0.3 is 0 Å². The first kappa shape index (κ1) is 5.86. The molecular weight excluding hydrogens is 148 g/mol. The molecule has 1 radical (unpaired) electrons. The van der Waals surface area contributed by atoms with Gasteiger partial charge in [0.1, 0.15) is 6.67 Å². The van der Waals surface area contributed by atoms with Crippen molar-refractivity contribution in [2.75, 3.05) is 12.0 Å². The number of halogens is 1. The maximum Gasteiger partial charge on any atom is 0.108 e. The zero-order valence-corrected chi connectivity index (χ0v) is 6.02. The van der Waals surface area contributed by atoms with E-state index in [1.54, 1.807) is 0 Å². The zero-order valence-electron chi connectivity index (χ0n) is 5.26. The fourth-order valence-corrected chi connectivity index (χ4v) is 1.16. The molecule has 0 saturated heterocycles. The average molecular weight is 154 g/mol. The number of rotatable bonds is 0. The number of nitrogens with zero attached hydrogens (tertiary/aromatic N) is 1. The molecule has 0 atom stereocenters. The molecule has 1 aromatic carbocycles. The van der Waals surface area contributed by atoms with Crippen LogP contribution in [-0.4, -0.2) is 6.67 Å².